The van der Waals surface area contributed by atoms with Crippen LogP contribution < -0.4 is 30.3 Å². The van der Waals surface area contributed by atoms with Crippen molar-refractivity contribution in [1.29, 1.82) is 0 Å². The molecule has 0 fully saturated rings. The monoisotopic (exact) mass is 646 g/mol. The number of hydrogen-bond donors (Lipinski definition) is 3. The fourth-order valence-electron chi connectivity index (χ4n) is 3.81. The second-order valence-electron chi connectivity index (χ2n) is 8.57. The summed E-state index contributed by atoms with van der Waals surface area (Å²) in [7, 11) is 1.43. The van der Waals surface area contributed by atoms with E-state index in [4.69, 9.17) is 23.7 Å². The Morgan fingerprint density at radius 2 is 1.71 bits per heavy atom. The van der Waals surface area contributed by atoms with Crippen LogP contribution in [0.15, 0.2) is 57.2 Å². The first-order chi connectivity index (χ1) is 20.2. The van der Waals surface area contributed by atoms with E-state index in [1.165, 1.54) is 13.3 Å². The van der Waals surface area contributed by atoms with Crippen molar-refractivity contribution in [3.63, 3.8) is 0 Å². The van der Waals surface area contributed by atoms with Gasteiger partial charge >= 0.3 is 18.0 Å². The lowest BCUT2D eigenvalue weighted by atomic mass is 9.95. The van der Waals surface area contributed by atoms with Crippen LogP contribution in [0.4, 0.5) is 4.79 Å². The highest BCUT2D eigenvalue weighted by atomic mass is 79.9. The maximum Gasteiger partial charge on any atom is 0.344 e. The van der Waals surface area contributed by atoms with Crippen molar-refractivity contribution in [1.82, 2.24) is 16.1 Å². The number of urea groups is 1. The lowest BCUT2D eigenvalue weighted by molar-refractivity contribution is -0.145. The quantitative estimate of drug-likeness (QED) is 0.169. The molecule has 1 heterocycles. The van der Waals surface area contributed by atoms with E-state index in [9.17, 15) is 19.2 Å². The first kappa shape index (κ1) is 31.9. The number of rotatable bonds is 13. The van der Waals surface area contributed by atoms with Gasteiger partial charge in [-0.15, -0.1) is 0 Å². The van der Waals surface area contributed by atoms with Crippen LogP contribution in [-0.2, 0) is 23.9 Å². The van der Waals surface area contributed by atoms with E-state index in [-0.39, 0.29) is 43.5 Å². The highest BCUT2D eigenvalue weighted by Gasteiger charge is 2.32. The zero-order chi connectivity index (χ0) is 30.6. The molecule has 3 N–H and O–H groups in total. The van der Waals surface area contributed by atoms with Crippen molar-refractivity contribution in [3.8, 4) is 17.2 Å². The first-order valence-electron chi connectivity index (χ1n) is 12.8. The number of hydrogen-bond acceptors (Lipinski definition) is 10. The smallest absolute Gasteiger partial charge is 0.344 e. The molecule has 2 aromatic carbocycles. The Balaban J connectivity index is 1.60. The summed E-state index contributed by atoms with van der Waals surface area (Å²) < 4.78 is 27.0. The highest BCUT2D eigenvalue weighted by Crippen LogP contribution is 2.34. The third-order valence-corrected chi connectivity index (χ3v) is 6.27. The number of benzene rings is 2. The fraction of sp³-hybridized carbons (Fsp3) is 0.321. The van der Waals surface area contributed by atoms with Crippen LogP contribution in [0.25, 0.3) is 0 Å². The number of carbonyl (C=O) groups is 4. The average Bonchev–Trinajstić information content (AvgIpc) is 2.95. The van der Waals surface area contributed by atoms with Crippen LogP contribution in [0.5, 0.6) is 17.2 Å². The minimum Gasteiger partial charge on any atom is -0.493 e. The first-order valence-corrected chi connectivity index (χ1v) is 13.6. The molecule has 0 unspecified atom stereocenters. The van der Waals surface area contributed by atoms with Gasteiger partial charge in [-0.2, -0.15) is 5.10 Å². The molecule has 0 spiro atoms. The van der Waals surface area contributed by atoms with Gasteiger partial charge in [0.15, 0.2) is 24.7 Å². The number of ether oxygens (including phenoxy) is 5. The fourth-order valence-corrected chi connectivity index (χ4v) is 4.33. The summed E-state index contributed by atoms with van der Waals surface area (Å²) in [5.41, 5.74) is 4.22. The van der Waals surface area contributed by atoms with Gasteiger partial charge in [0.25, 0.3) is 5.91 Å². The SMILES string of the molecule is CCOC(=O)COc1ccc(/C=N\NC(=O)COc2ccc([C@@H]3NC(=O)NC(C)=C3C(=O)OCC)cc2OC)cc1Br. The van der Waals surface area contributed by atoms with Crippen LogP contribution in [0.2, 0.25) is 0 Å². The average molecular weight is 647 g/mol. The molecule has 1 aliphatic heterocycles. The van der Waals surface area contributed by atoms with Crippen molar-refractivity contribution in [3.05, 3.63) is 63.3 Å². The van der Waals surface area contributed by atoms with Crippen molar-refractivity contribution in [2.24, 2.45) is 5.10 Å². The number of carbonyl (C=O) groups excluding carboxylic acids is 4. The summed E-state index contributed by atoms with van der Waals surface area (Å²) in [6.07, 6.45) is 1.43. The number of halogens is 1. The second kappa shape index (κ2) is 15.4. The Morgan fingerprint density at radius 1 is 1.00 bits per heavy atom. The molecule has 0 aliphatic carbocycles. The number of nitrogens with one attached hydrogen (secondary N) is 3. The van der Waals surface area contributed by atoms with E-state index < -0.39 is 29.9 Å². The molecule has 42 heavy (non-hydrogen) atoms. The number of amides is 3. The van der Waals surface area contributed by atoms with E-state index in [1.54, 1.807) is 57.2 Å². The van der Waals surface area contributed by atoms with Crippen LogP contribution in [0.3, 0.4) is 0 Å². The van der Waals surface area contributed by atoms with E-state index in [2.05, 4.69) is 37.1 Å². The van der Waals surface area contributed by atoms with Gasteiger partial charge in [-0.1, -0.05) is 6.07 Å². The zero-order valence-corrected chi connectivity index (χ0v) is 25.0. The van der Waals surface area contributed by atoms with Gasteiger partial charge < -0.3 is 34.3 Å². The summed E-state index contributed by atoms with van der Waals surface area (Å²) >= 11 is 3.37. The van der Waals surface area contributed by atoms with Gasteiger partial charge in [-0.3, -0.25) is 4.79 Å². The van der Waals surface area contributed by atoms with E-state index in [1.807, 2.05) is 0 Å². The molecule has 3 rings (SSSR count). The second-order valence-corrected chi connectivity index (χ2v) is 9.42. The van der Waals surface area contributed by atoms with Crippen LogP contribution >= 0.6 is 15.9 Å². The van der Waals surface area contributed by atoms with Gasteiger partial charge in [-0.05, 0) is 78.2 Å². The lowest BCUT2D eigenvalue weighted by Crippen LogP contribution is -2.45. The molecule has 13 nitrogen and oxygen atoms in total. The molecule has 224 valence electrons. The van der Waals surface area contributed by atoms with E-state index >= 15 is 0 Å². The molecular formula is C28H31BrN4O9. The topological polar surface area (TPSA) is 163 Å². The number of esters is 2. The van der Waals surface area contributed by atoms with Crippen molar-refractivity contribution < 1.29 is 42.9 Å². The third kappa shape index (κ3) is 8.70. The molecule has 3 amide bonds. The van der Waals surface area contributed by atoms with Crippen LogP contribution in [0.1, 0.15) is 37.9 Å². The molecule has 14 heteroatoms. The number of nitrogens with zero attached hydrogens (tertiary/aromatic N) is 1. The van der Waals surface area contributed by atoms with E-state index in [0.29, 0.717) is 27.0 Å². The normalized spacial score (nSPS) is 14.5. The molecule has 1 aliphatic rings. The molecular weight excluding hydrogens is 616 g/mol. The minimum atomic E-state index is -0.781. The standard InChI is InChI=1S/C28H31BrN4O9/c1-5-39-24(35)15-42-20-9-7-17(11-19(20)29)13-30-33-23(34)14-41-21-10-8-18(12-22(21)38-4)26-25(27(36)40-6-2)16(3)31-28(37)32-26/h7-13,26H,5-6,14-15H2,1-4H3,(H,33,34)(H2,31,32,37)/b30-13-/t26-/m0/s1. The molecule has 0 saturated carbocycles. The minimum absolute atomic E-state index is 0.176. The predicted octanol–water partition coefficient (Wildman–Crippen LogP) is 3.12. The van der Waals surface area contributed by atoms with Gasteiger partial charge in [0.1, 0.15) is 5.75 Å². The van der Waals surface area contributed by atoms with Crippen LogP contribution in [-0.4, -0.2) is 63.6 Å². The van der Waals surface area contributed by atoms with Gasteiger partial charge in [-0.25, -0.2) is 19.8 Å². The van der Waals surface area contributed by atoms with Crippen molar-refractivity contribution >= 4 is 46.0 Å². The van der Waals surface area contributed by atoms with Crippen molar-refractivity contribution in [2.75, 3.05) is 33.5 Å². The van der Waals surface area contributed by atoms with E-state index in [0.717, 1.165) is 0 Å². The van der Waals surface area contributed by atoms with Gasteiger partial charge in [0, 0.05) is 5.70 Å². The summed E-state index contributed by atoms with van der Waals surface area (Å²) in [6, 6.07) is 8.62. The highest BCUT2D eigenvalue weighted by molar-refractivity contribution is 9.10. The molecule has 0 aromatic heterocycles. The summed E-state index contributed by atoms with van der Waals surface area (Å²) in [6.45, 7) is 4.88. The van der Waals surface area contributed by atoms with Gasteiger partial charge in [0.05, 0.1) is 42.6 Å². The zero-order valence-electron chi connectivity index (χ0n) is 23.4. The Kier molecular flexibility index (Phi) is 11.7. The number of allylic oxidation sites excluding steroid dienone is 1. The Labute approximate surface area is 250 Å². The van der Waals surface area contributed by atoms with Crippen molar-refractivity contribution in [2.45, 2.75) is 26.8 Å². The third-order valence-electron chi connectivity index (χ3n) is 5.65. The summed E-state index contributed by atoms with van der Waals surface area (Å²) in [5.74, 6) is -0.564. The Bertz CT molecular complexity index is 1390. The molecule has 0 radical (unpaired) electrons. The Hall–Kier alpha value is -4.59. The number of hydrazone groups is 1. The maximum absolute atomic E-state index is 12.6. The Morgan fingerprint density at radius 3 is 2.40 bits per heavy atom. The predicted molar refractivity (Wildman–Crippen MR) is 154 cm³/mol. The number of methoxy groups -OCH3 is 1. The summed E-state index contributed by atoms with van der Waals surface area (Å²) in [4.78, 5) is 48.5. The summed E-state index contributed by atoms with van der Waals surface area (Å²) in [5, 5.41) is 9.23. The molecule has 0 saturated heterocycles. The maximum atomic E-state index is 12.6. The lowest BCUT2D eigenvalue weighted by Gasteiger charge is -2.28. The molecule has 0 bridgehead atoms. The molecule has 1 atom stereocenters. The van der Waals surface area contributed by atoms with Gasteiger partial charge in [0.2, 0.25) is 0 Å². The largest absolute Gasteiger partial charge is 0.493 e. The van der Waals surface area contributed by atoms with Crippen LogP contribution in [0, 0.1) is 0 Å². The molecule has 2 aromatic rings.